The zero-order valence-corrected chi connectivity index (χ0v) is 4.35. The molecule has 0 radical (unpaired) electrons. The molecule has 0 amide bonds. The number of hydrazine groups is 2. The summed E-state index contributed by atoms with van der Waals surface area (Å²) in [6, 6.07) is 0. The van der Waals surface area contributed by atoms with Crippen LogP contribution in [-0.4, -0.2) is 23.0 Å². The van der Waals surface area contributed by atoms with E-state index in [0.717, 1.165) is 5.17 Å². The molecule has 0 spiro atoms. The summed E-state index contributed by atoms with van der Waals surface area (Å²) in [6.07, 6.45) is 1.40. The number of hydrogen-bond acceptors (Lipinski definition) is 5. The highest BCUT2D eigenvalue weighted by molar-refractivity contribution is 5.59. The van der Waals surface area contributed by atoms with Crippen molar-refractivity contribution in [2.45, 2.75) is 0 Å². The number of oxime groups is 1. The molecule has 0 aromatic carbocycles. The van der Waals surface area contributed by atoms with Gasteiger partial charge in [-0.3, -0.25) is 4.94 Å². The molecule has 0 aromatic heterocycles. The van der Waals surface area contributed by atoms with E-state index in [1.54, 1.807) is 5.53 Å². The normalized spacial score (nSPS) is 17.3. The molecule has 7 heteroatoms. The Morgan fingerprint density at radius 3 is 3.22 bits per heavy atom. The maximum atomic E-state index is 9.67. The number of hydrogen-bond donors (Lipinski definition) is 1. The van der Waals surface area contributed by atoms with E-state index in [9.17, 15) is 10.1 Å². The van der Waals surface area contributed by atoms with Gasteiger partial charge in [-0.2, -0.15) is 0 Å². The molecule has 1 heterocycles. The summed E-state index contributed by atoms with van der Waals surface area (Å²) in [5.74, 6) is 0. The number of nitrogens with one attached hydrogen (secondary N) is 1. The Bertz CT molecular complexity index is 137. The Morgan fingerprint density at radius 1 is 2.00 bits per heavy atom. The highest BCUT2D eigenvalue weighted by Crippen LogP contribution is 1.89. The minimum Gasteiger partial charge on any atom is -0.272 e. The predicted octanol–water partition coefficient (Wildman–Crippen LogP) is -1.08. The molecule has 0 saturated heterocycles. The Morgan fingerprint density at radius 2 is 2.78 bits per heavy atom. The Hall–Kier alpha value is -1.37. The number of rotatable bonds is 2. The molecule has 1 aliphatic rings. The first-order valence-corrected chi connectivity index (χ1v) is 2.16. The van der Waals surface area contributed by atoms with E-state index in [4.69, 9.17) is 0 Å². The first-order chi connectivity index (χ1) is 4.29. The summed E-state index contributed by atoms with van der Waals surface area (Å²) in [5, 5.41) is 13.1. The minimum atomic E-state index is -0.728. The van der Waals surface area contributed by atoms with Crippen molar-refractivity contribution in [3.63, 3.8) is 0 Å². The average molecular weight is 132 g/mol. The lowest BCUT2D eigenvalue weighted by Crippen LogP contribution is -2.39. The molecule has 0 aromatic rings. The number of nitrogens with zero attached hydrogens (tertiary/aromatic N) is 3. The highest BCUT2D eigenvalue weighted by Gasteiger charge is 2.12. The van der Waals surface area contributed by atoms with Crippen molar-refractivity contribution in [1.82, 2.24) is 10.7 Å². The number of hydroxylamine groups is 1. The lowest BCUT2D eigenvalue weighted by Gasteiger charge is -2.04. The second-order valence-corrected chi connectivity index (χ2v) is 1.29. The van der Waals surface area contributed by atoms with Gasteiger partial charge in [-0.15, -0.1) is 0 Å². The van der Waals surface area contributed by atoms with Crippen LogP contribution in [0.2, 0.25) is 0 Å². The number of nitro groups is 1. The average Bonchev–Trinajstić information content (AvgIpc) is 2.15. The van der Waals surface area contributed by atoms with Crippen LogP contribution in [0.3, 0.4) is 0 Å². The predicted molar refractivity (Wildman–Crippen MR) is 26.4 cm³/mol. The third-order valence-corrected chi connectivity index (χ3v) is 0.661. The van der Waals surface area contributed by atoms with Crippen molar-refractivity contribution in [3.8, 4) is 0 Å². The van der Waals surface area contributed by atoms with Crippen molar-refractivity contribution in [2.75, 3.05) is 6.54 Å². The second kappa shape index (κ2) is 2.27. The van der Waals surface area contributed by atoms with Gasteiger partial charge in [-0.1, -0.05) is 5.16 Å². The largest absolute Gasteiger partial charge is 0.272 e. The van der Waals surface area contributed by atoms with Crippen molar-refractivity contribution in [2.24, 2.45) is 5.16 Å². The first-order valence-electron chi connectivity index (χ1n) is 2.16. The molecular weight excluding hydrogens is 128 g/mol. The van der Waals surface area contributed by atoms with Crippen LogP contribution in [0.1, 0.15) is 0 Å². The molecule has 1 aliphatic heterocycles. The summed E-state index contributed by atoms with van der Waals surface area (Å²) >= 11 is 0. The van der Waals surface area contributed by atoms with Gasteiger partial charge in [0, 0.05) is 5.17 Å². The van der Waals surface area contributed by atoms with Gasteiger partial charge in [0.1, 0.15) is 6.54 Å². The Kier molecular flexibility index (Phi) is 1.45. The molecule has 0 saturated carbocycles. The lowest BCUT2D eigenvalue weighted by atomic mass is 10.8. The van der Waals surface area contributed by atoms with Crippen LogP contribution in [0.4, 0.5) is 0 Å². The summed E-state index contributed by atoms with van der Waals surface area (Å²) in [5.41, 5.74) is 1.75. The van der Waals surface area contributed by atoms with Crippen LogP contribution in [0, 0.1) is 10.1 Å². The maximum absolute atomic E-state index is 9.67. The third kappa shape index (κ3) is 1.53. The van der Waals surface area contributed by atoms with Gasteiger partial charge in [-0.25, -0.2) is 10.1 Å². The summed E-state index contributed by atoms with van der Waals surface area (Å²) in [6.45, 7) is 0.279. The quantitative estimate of drug-likeness (QED) is 0.381. The van der Waals surface area contributed by atoms with Crippen LogP contribution in [-0.2, 0) is 4.94 Å². The Balaban J connectivity index is 2.22. The van der Waals surface area contributed by atoms with Gasteiger partial charge in [0.15, 0.2) is 5.03 Å². The molecule has 9 heavy (non-hydrogen) atoms. The smallest absolute Gasteiger partial charge is 0.176 e. The van der Waals surface area contributed by atoms with E-state index in [0.29, 0.717) is 0 Å². The van der Waals surface area contributed by atoms with Crippen molar-refractivity contribution in [1.29, 1.82) is 0 Å². The zero-order chi connectivity index (χ0) is 6.69. The molecule has 0 atom stereocenters. The Labute approximate surface area is 49.9 Å². The maximum Gasteiger partial charge on any atom is 0.176 e. The van der Waals surface area contributed by atoms with E-state index in [1.165, 1.54) is 6.21 Å². The molecular formula is C2H4N4O3. The minimum absolute atomic E-state index is 0.279. The third-order valence-electron chi connectivity index (χ3n) is 0.661. The van der Waals surface area contributed by atoms with Crippen molar-refractivity contribution >= 4 is 6.21 Å². The highest BCUT2D eigenvalue weighted by atomic mass is 16.9. The van der Waals surface area contributed by atoms with Crippen LogP contribution in [0.15, 0.2) is 5.16 Å². The molecule has 1 rings (SSSR count). The second-order valence-electron chi connectivity index (χ2n) is 1.29. The fraction of sp³-hybridized carbons (Fsp3) is 0.500. The molecule has 0 unspecified atom stereocenters. The lowest BCUT2D eigenvalue weighted by molar-refractivity contribution is -0.602. The zero-order valence-electron chi connectivity index (χ0n) is 4.35. The van der Waals surface area contributed by atoms with Crippen molar-refractivity contribution < 1.29 is 9.97 Å². The van der Waals surface area contributed by atoms with Gasteiger partial charge in [0.2, 0.25) is 0 Å². The summed E-state index contributed by atoms with van der Waals surface area (Å²) < 4.78 is 0. The van der Waals surface area contributed by atoms with Gasteiger partial charge in [-0.05, 0) is 5.53 Å². The molecule has 7 nitrogen and oxygen atoms in total. The van der Waals surface area contributed by atoms with Crippen LogP contribution in [0.5, 0.6) is 0 Å². The topological polar surface area (TPSA) is 80.0 Å². The van der Waals surface area contributed by atoms with E-state index < -0.39 is 5.03 Å². The van der Waals surface area contributed by atoms with Crippen LogP contribution in [0.25, 0.3) is 0 Å². The SMILES string of the molecule is O=[N+]([O-])NN1CC=NO1. The first kappa shape index (κ1) is 5.76. The summed E-state index contributed by atoms with van der Waals surface area (Å²) in [4.78, 5) is 14.0. The molecule has 0 fully saturated rings. The monoisotopic (exact) mass is 132 g/mol. The van der Waals surface area contributed by atoms with Crippen LogP contribution < -0.4 is 5.53 Å². The molecule has 0 bridgehead atoms. The van der Waals surface area contributed by atoms with Crippen LogP contribution >= 0.6 is 0 Å². The van der Waals surface area contributed by atoms with E-state index >= 15 is 0 Å². The standard InChI is InChI=1S/C2H4N4O3/c7-6(8)4-5-2-1-3-9-5/h1,4H,2H2. The van der Waals surface area contributed by atoms with E-state index in [1.807, 2.05) is 0 Å². The van der Waals surface area contributed by atoms with Gasteiger partial charge in [0.25, 0.3) is 0 Å². The fourth-order valence-corrected chi connectivity index (χ4v) is 0.381. The molecule has 0 aliphatic carbocycles. The van der Waals surface area contributed by atoms with Crippen molar-refractivity contribution in [3.05, 3.63) is 10.1 Å². The van der Waals surface area contributed by atoms with Gasteiger partial charge in [0.05, 0.1) is 6.21 Å². The van der Waals surface area contributed by atoms with E-state index in [-0.39, 0.29) is 6.54 Å². The van der Waals surface area contributed by atoms with E-state index in [2.05, 4.69) is 10.1 Å². The molecule has 50 valence electrons. The fourth-order valence-electron chi connectivity index (χ4n) is 0.381. The van der Waals surface area contributed by atoms with Gasteiger partial charge >= 0.3 is 0 Å². The summed E-state index contributed by atoms with van der Waals surface area (Å²) in [7, 11) is 0. The van der Waals surface area contributed by atoms with Gasteiger partial charge < -0.3 is 0 Å². The molecule has 1 N–H and O–H groups in total.